The maximum atomic E-state index is 14.2. The molecule has 0 aliphatic heterocycles. The van der Waals surface area contributed by atoms with Gasteiger partial charge in [-0.1, -0.05) is 24.3 Å². The molecule has 4 nitrogen and oxygen atoms in total. The van der Waals surface area contributed by atoms with E-state index in [1.165, 1.54) is 13.2 Å². The highest BCUT2D eigenvalue weighted by Gasteiger charge is 2.22. The van der Waals surface area contributed by atoms with Crippen LogP contribution in [0.1, 0.15) is 36.0 Å². The first-order valence-corrected chi connectivity index (χ1v) is 10.1. The van der Waals surface area contributed by atoms with Gasteiger partial charge >= 0.3 is 0 Å². The first kappa shape index (κ1) is 20.3. The number of amides is 1. The molecule has 6 heteroatoms. The van der Waals surface area contributed by atoms with Crippen molar-refractivity contribution in [3.63, 3.8) is 0 Å². The number of carbonyl (C=O) groups is 1. The van der Waals surface area contributed by atoms with E-state index >= 15 is 0 Å². The summed E-state index contributed by atoms with van der Waals surface area (Å²) >= 11 is 0. The molecule has 0 saturated heterocycles. The maximum absolute atomic E-state index is 14.2. The van der Waals surface area contributed by atoms with Gasteiger partial charge in [-0.3, -0.25) is 4.79 Å². The van der Waals surface area contributed by atoms with Crippen LogP contribution in [0.5, 0.6) is 5.75 Å². The molecule has 0 spiro atoms. The fraction of sp³-hybridized carbons (Fsp3) is 0.292. The van der Waals surface area contributed by atoms with Crippen molar-refractivity contribution in [2.75, 3.05) is 7.11 Å². The number of rotatable bonds is 4. The van der Waals surface area contributed by atoms with Gasteiger partial charge in [0.2, 0.25) is 0 Å². The van der Waals surface area contributed by atoms with Crippen LogP contribution in [0, 0.1) is 11.6 Å². The van der Waals surface area contributed by atoms with Crippen molar-refractivity contribution >= 4 is 16.7 Å². The lowest BCUT2D eigenvalue weighted by atomic mass is 9.91. The van der Waals surface area contributed by atoms with E-state index in [0.717, 1.165) is 42.5 Å². The summed E-state index contributed by atoms with van der Waals surface area (Å²) in [6.45, 7) is 0. The number of nitrogens with two attached hydrogens (primary N) is 1. The molecular weight excluding hydrogens is 386 g/mol. The number of halogens is 2. The van der Waals surface area contributed by atoms with Crippen molar-refractivity contribution in [3.8, 4) is 16.9 Å². The SMILES string of the molecule is COc1c(F)cc(F)cc1-c1cccc2cc(C(=O)N[C@@H]3CCC[C@@H](N)C3)ccc12. The van der Waals surface area contributed by atoms with Crippen LogP contribution in [0.4, 0.5) is 8.78 Å². The van der Waals surface area contributed by atoms with Crippen LogP contribution in [0.15, 0.2) is 48.5 Å². The van der Waals surface area contributed by atoms with Gasteiger partial charge < -0.3 is 15.8 Å². The molecule has 0 aromatic heterocycles. The number of methoxy groups -OCH3 is 1. The van der Waals surface area contributed by atoms with E-state index in [1.54, 1.807) is 30.3 Å². The Morgan fingerprint density at radius 1 is 1.10 bits per heavy atom. The highest BCUT2D eigenvalue weighted by Crippen LogP contribution is 2.37. The molecule has 1 aliphatic rings. The largest absolute Gasteiger partial charge is 0.493 e. The van der Waals surface area contributed by atoms with E-state index in [9.17, 15) is 13.6 Å². The predicted molar refractivity (Wildman–Crippen MR) is 114 cm³/mol. The third kappa shape index (κ3) is 4.00. The Labute approximate surface area is 174 Å². The van der Waals surface area contributed by atoms with Crippen LogP contribution in [0.3, 0.4) is 0 Å². The Morgan fingerprint density at radius 2 is 1.93 bits per heavy atom. The number of carbonyl (C=O) groups excluding carboxylic acids is 1. The first-order valence-electron chi connectivity index (χ1n) is 10.1. The van der Waals surface area contributed by atoms with Gasteiger partial charge in [0.25, 0.3) is 5.91 Å². The van der Waals surface area contributed by atoms with E-state index in [4.69, 9.17) is 10.5 Å². The van der Waals surface area contributed by atoms with Crippen molar-refractivity contribution in [1.82, 2.24) is 5.32 Å². The molecule has 2 atom stereocenters. The van der Waals surface area contributed by atoms with Crippen molar-refractivity contribution in [2.24, 2.45) is 5.73 Å². The van der Waals surface area contributed by atoms with Gasteiger partial charge in [0.15, 0.2) is 11.6 Å². The van der Waals surface area contributed by atoms with Crippen LogP contribution in [0.25, 0.3) is 21.9 Å². The maximum Gasteiger partial charge on any atom is 0.251 e. The molecule has 3 aromatic rings. The van der Waals surface area contributed by atoms with E-state index in [-0.39, 0.29) is 23.7 Å². The fourth-order valence-electron chi connectivity index (χ4n) is 4.26. The Balaban J connectivity index is 1.69. The highest BCUT2D eigenvalue weighted by molar-refractivity contribution is 6.03. The zero-order valence-electron chi connectivity index (χ0n) is 16.8. The Morgan fingerprint density at radius 3 is 2.70 bits per heavy atom. The number of hydrogen-bond donors (Lipinski definition) is 2. The quantitative estimate of drug-likeness (QED) is 0.650. The molecular formula is C24H24F2N2O2. The van der Waals surface area contributed by atoms with E-state index in [0.29, 0.717) is 16.7 Å². The lowest BCUT2D eigenvalue weighted by molar-refractivity contribution is 0.0925. The Bertz CT molecular complexity index is 1100. The average molecular weight is 410 g/mol. The molecule has 156 valence electrons. The van der Waals surface area contributed by atoms with Gasteiger partial charge in [0, 0.05) is 29.3 Å². The van der Waals surface area contributed by atoms with Gasteiger partial charge in [-0.25, -0.2) is 8.78 Å². The average Bonchev–Trinajstić information content (AvgIpc) is 2.72. The molecule has 1 fully saturated rings. The second kappa shape index (κ2) is 8.40. The van der Waals surface area contributed by atoms with Crippen molar-refractivity contribution in [1.29, 1.82) is 0 Å². The molecule has 0 radical (unpaired) electrons. The predicted octanol–water partition coefficient (Wildman–Crippen LogP) is 4.79. The van der Waals surface area contributed by atoms with Gasteiger partial charge in [-0.2, -0.15) is 0 Å². The summed E-state index contributed by atoms with van der Waals surface area (Å²) < 4.78 is 33.3. The summed E-state index contributed by atoms with van der Waals surface area (Å²) in [7, 11) is 1.35. The molecule has 0 heterocycles. The minimum atomic E-state index is -0.758. The molecule has 0 unspecified atom stereocenters. The lowest BCUT2D eigenvalue weighted by Gasteiger charge is -2.27. The third-order valence-electron chi connectivity index (χ3n) is 5.70. The minimum absolute atomic E-state index is 0.0145. The second-order valence-corrected chi connectivity index (χ2v) is 7.81. The Kier molecular flexibility index (Phi) is 5.68. The summed E-state index contributed by atoms with van der Waals surface area (Å²) in [6, 6.07) is 13.0. The summed E-state index contributed by atoms with van der Waals surface area (Å²) in [6.07, 6.45) is 3.73. The number of nitrogens with one attached hydrogen (secondary N) is 1. The smallest absolute Gasteiger partial charge is 0.251 e. The van der Waals surface area contributed by atoms with Gasteiger partial charge in [0.1, 0.15) is 5.82 Å². The zero-order chi connectivity index (χ0) is 21.3. The first-order chi connectivity index (χ1) is 14.5. The normalized spacial score (nSPS) is 18.9. The van der Waals surface area contributed by atoms with E-state index < -0.39 is 11.6 Å². The van der Waals surface area contributed by atoms with Gasteiger partial charge in [-0.15, -0.1) is 0 Å². The molecule has 0 bridgehead atoms. The summed E-state index contributed by atoms with van der Waals surface area (Å²) in [5.41, 5.74) is 7.51. The number of benzene rings is 3. The topological polar surface area (TPSA) is 64.3 Å². The summed E-state index contributed by atoms with van der Waals surface area (Å²) in [5.74, 6) is -1.59. The highest BCUT2D eigenvalue weighted by atomic mass is 19.1. The number of ether oxygens (including phenoxy) is 1. The third-order valence-corrected chi connectivity index (χ3v) is 5.70. The molecule has 4 rings (SSSR count). The number of fused-ring (bicyclic) bond motifs is 1. The minimum Gasteiger partial charge on any atom is -0.493 e. The summed E-state index contributed by atoms with van der Waals surface area (Å²) in [5, 5.41) is 4.65. The Hall–Kier alpha value is -2.99. The molecule has 3 N–H and O–H groups in total. The monoisotopic (exact) mass is 410 g/mol. The summed E-state index contributed by atoms with van der Waals surface area (Å²) in [4.78, 5) is 12.7. The van der Waals surface area contributed by atoms with Crippen molar-refractivity contribution in [3.05, 3.63) is 65.7 Å². The fourth-order valence-corrected chi connectivity index (χ4v) is 4.26. The molecule has 1 saturated carbocycles. The van der Waals surface area contributed by atoms with Crippen LogP contribution < -0.4 is 15.8 Å². The van der Waals surface area contributed by atoms with E-state index in [1.807, 2.05) is 6.07 Å². The number of hydrogen-bond acceptors (Lipinski definition) is 3. The second-order valence-electron chi connectivity index (χ2n) is 7.81. The van der Waals surface area contributed by atoms with Crippen LogP contribution in [-0.4, -0.2) is 25.1 Å². The molecule has 1 amide bonds. The van der Waals surface area contributed by atoms with Crippen molar-refractivity contribution < 1.29 is 18.3 Å². The lowest BCUT2D eigenvalue weighted by Crippen LogP contribution is -2.42. The van der Waals surface area contributed by atoms with Gasteiger partial charge in [-0.05, 0) is 60.2 Å². The van der Waals surface area contributed by atoms with Crippen LogP contribution in [0.2, 0.25) is 0 Å². The van der Waals surface area contributed by atoms with Crippen LogP contribution >= 0.6 is 0 Å². The molecule has 30 heavy (non-hydrogen) atoms. The van der Waals surface area contributed by atoms with Crippen molar-refractivity contribution in [2.45, 2.75) is 37.8 Å². The standard InChI is InChI=1S/C24H24F2N2O2/c1-30-23-21(11-16(25)12-22(23)26)20-7-2-4-14-10-15(8-9-19(14)20)24(29)28-18-6-3-5-17(27)13-18/h2,4,7-12,17-18H,3,5-6,13,27H2,1H3,(H,28,29)/t17-,18-/m1/s1. The molecule has 1 aliphatic carbocycles. The van der Waals surface area contributed by atoms with Crippen LogP contribution in [-0.2, 0) is 0 Å². The molecule has 3 aromatic carbocycles. The zero-order valence-corrected chi connectivity index (χ0v) is 16.8. The van der Waals surface area contributed by atoms with Gasteiger partial charge in [0.05, 0.1) is 7.11 Å². The van der Waals surface area contributed by atoms with E-state index in [2.05, 4.69) is 5.32 Å².